The van der Waals surface area contributed by atoms with Crippen LogP contribution in [0.5, 0.6) is 5.75 Å². The highest BCUT2D eigenvalue weighted by atomic mass is 16.7. The summed E-state index contributed by atoms with van der Waals surface area (Å²) in [6, 6.07) is 20.5. The van der Waals surface area contributed by atoms with Crippen molar-refractivity contribution in [2.45, 2.75) is 71.7 Å². The Hall–Kier alpha value is -2.93. The summed E-state index contributed by atoms with van der Waals surface area (Å²) in [6.07, 6.45) is 2.63. The van der Waals surface area contributed by atoms with Gasteiger partial charge >= 0.3 is 0 Å². The summed E-state index contributed by atoms with van der Waals surface area (Å²) in [5, 5.41) is 17.8. The van der Waals surface area contributed by atoms with Gasteiger partial charge in [-0.25, -0.2) is 0 Å². The molecule has 0 spiro atoms. The van der Waals surface area contributed by atoms with Gasteiger partial charge in [-0.3, -0.25) is 9.63 Å². The van der Waals surface area contributed by atoms with Crippen molar-refractivity contribution in [1.82, 2.24) is 10.4 Å². The molecule has 41 heavy (non-hydrogen) atoms. The fourth-order valence-corrected chi connectivity index (χ4v) is 8.25. The Kier molecular flexibility index (Phi) is 7.60. The van der Waals surface area contributed by atoms with Gasteiger partial charge in [0.1, 0.15) is 17.9 Å². The number of hydrogen-bond donors (Lipinski definition) is 2. The lowest BCUT2D eigenvalue weighted by atomic mass is 9.45. The molecule has 1 heterocycles. The maximum absolute atomic E-state index is 14.0. The van der Waals surface area contributed by atoms with Crippen LogP contribution in [0, 0.1) is 29.1 Å². The number of amides is 1. The van der Waals surface area contributed by atoms with Crippen LogP contribution in [0.15, 0.2) is 60.7 Å². The van der Waals surface area contributed by atoms with Gasteiger partial charge in [0.2, 0.25) is 5.91 Å². The lowest BCUT2D eigenvalue weighted by Crippen LogP contribution is -2.62. The van der Waals surface area contributed by atoms with E-state index in [0.717, 1.165) is 40.7 Å². The van der Waals surface area contributed by atoms with Gasteiger partial charge in [-0.1, -0.05) is 88.4 Å². The van der Waals surface area contributed by atoms with Gasteiger partial charge in [-0.15, -0.1) is 0 Å². The minimum absolute atomic E-state index is 0.00734. The Morgan fingerprint density at radius 3 is 2.51 bits per heavy atom. The molecule has 4 aliphatic rings. The zero-order valence-corrected chi connectivity index (χ0v) is 25.0. The number of para-hydroxylation sites is 1. The summed E-state index contributed by atoms with van der Waals surface area (Å²) in [5.41, 5.74) is 3.41. The highest BCUT2D eigenvalue weighted by Gasteiger charge is 2.57. The van der Waals surface area contributed by atoms with Crippen molar-refractivity contribution in [1.29, 1.82) is 0 Å². The molecule has 3 aliphatic carbocycles. The molecule has 2 N–H and O–H groups in total. The number of carbonyl (C=O) groups excluding carboxylic acids is 1. The number of fused-ring (bicyclic) bond motifs is 3. The first kappa shape index (κ1) is 28.2. The number of aliphatic hydroxyl groups is 1. The molecule has 1 amide bonds. The molecule has 0 radical (unpaired) electrons. The van der Waals surface area contributed by atoms with Crippen molar-refractivity contribution in [3.8, 4) is 16.9 Å². The largest absolute Gasteiger partial charge is 0.496 e. The van der Waals surface area contributed by atoms with Crippen LogP contribution in [0.4, 0.5) is 0 Å². The third kappa shape index (κ3) is 4.74. The second-order valence-electron chi connectivity index (χ2n) is 13.0. The number of methoxy groups -OCH3 is 1. The smallest absolute Gasteiger partial charge is 0.240 e. The average molecular weight is 557 g/mol. The van der Waals surface area contributed by atoms with Crippen molar-refractivity contribution in [2.24, 2.45) is 29.1 Å². The van der Waals surface area contributed by atoms with E-state index in [1.165, 1.54) is 11.8 Å². The highest BCUT2D eigenvalue weighted by Crippen LogP contribution is 2.61. The van der Waals surface area contributed by atoms with Gasteiger partial charge in [0.15, 0.2) is 0 Å². The van der Waals surface area contributed by atoms with Gasteiger partial charge < -0.3 is 15.2 Å². The maximum atomic E-state index is 14.0. The first-order valence-electron chi connectivity index (χ1n) is 15.3. The number of ether oxygens (including phenoxy) is 1. The van der Waals surface area contributed by atoms with Crippen molar-refractivity contribution in [3.63, 3.8) is 0 Å². The molecule has 7 atom stereocenters. The van der Waals surface area contributed by atoms with Crippen molar-refractivity contribution < 1.29 is 19.5 Å². The molecule has 2 bridgehead atoms. The van der Waals surface area contributed by atoms with Gasteiger partial charge in [0.25, 0.3) is 0 Å². The molecule has 218 valence electrons. The third-order valence-corrected chi connectivity index (χ3v) is 10.8. The van der Waals surface area contributed by atoms with E-state index in [2.05, 4.69) is 81.5 Å². The van der Waals surface area contributed by atoms with Gasteiger partial charge in [-0.05, 0) is 58.8 Å². The predicted molar refractivity (Wildman–Crippen MR) is 162 cm³/mol. The molecule has 6 heteroatoms. The Morgan fingerprint density at radius 2 is 1.80 bits per heavy atom. The van der Waals surface area contributed by atoms with Crippen LogP contribution >= 0.6 is 0 Å². The molecule has 0 aromatic heterocycles. The SMILES string of the molecule is CC[C@H]1[C@H](CO)ON(Cc2cccc(-c3cccc4ccccc34)c2OC)[C@@H]1C(=O)N[C@H]1C[C@H]2C[C@@H](C1C)C2(C)C. The average Bonchev–Trinajstić information content (AvgIpc) is 3.34. The second kappa shape index (κ2) is 11.0. The molecule has 3 saturated carbocycles. The predicted octanol–water partition coefficient (Wildman–Crippen LogP) is 6.21. The van der Waals surface area contributed by atoms with Gasteiger partial charge in [0, 0.05) is 23.1 Å². The Labute approximate surface area is 244 Å². The fraction of sp³-hybridized carbons (Fsp3) is 0.514. The lowest BCUT2D eigenvalue weighted by molar-refractivity contribution is -0.183. The summed E-state index contributed by atoms with van der Waals surface area (Å²) in [7, 11) is 1.70. The Bertz CT molecular complexity index is 1420. The summed E-state index contributed by atoms with van der Waals surface area (Å²) in [6.45, 7) is 9.39. The molecule has 7 rings (SSSR count). The van der Waals surface area contributed by atoms with E-state index in [-0.39, 0.29) is 24.5 Å². The second-order valence-corrected chi connectivity index (χ2v) is 13.0. The van der Waals surface area contributed by atoms with Crippen LogP contribution in [0.3, 0.4) is 0 Å². The van der Waals surface area contributed by atoms with E-state index >= 15 is 0 Å². The third-order valence-electron chi connectivity index (χ3n) is 10.8. The Balaban J connectivity index is 1.29. The first-order chi connectivity index (χ1) is 19.8. The number of nitrogens with zero attached hydrogens (tertiary/aromatic N) is 1. The van der Waals surface area contributed by atoms with Crippen molar-refractivity contribution in [2.75, 3.05) is 13.7 Å². The minimum atomic E-state index is -0.485. The van der Waals surface area contributed by atoms with Crippen molar-refractivity contribution >= 4 is 16.7 Å². The molecular weight excluding hydrogens is 512 g/mol. The van der Waals surface area contributed by atoms with Crippen LogP contribution in [0.2, 0.25) is 0 Å². The standard InChI is InChI=1S/C35H44N2O4/c1-6-25-31(20-38)41-37(32(25)34(39)36-30-18-24-17-29(21(30)2)35(24,3)4)19-23-13-10-16-28(33(23)40-5)27-15-9-12-22-11-7-8-14-26(22)27/h7-16,21,24-25,29-32,38H,6,17-20H2,1-5H3,(H,36,39)/t21?,24-,25+,29+,30+,31+,32+/m1/s1. The topological polar surface area (TPSA) is 71.0 Å². The molecule has 6 nitrogen and oxygen atoms in total. The van der Waals surface area contributed by atoms with Crippen LogP contribution in [0.1, 0.15) is 52.5 Å². The van der Waals surface area contributed by atoms with E-state index in [1.54, 1.807) is 12.2 Å². The lowest BCUT2D eigenvalue weighted by Gasteiger charge is -2.62. The molecule has 1 aliphatic heterocycles. The molecular formula is C35H44N2O4. The van der Waals surface area contributed by atoms with E-state index in [1.807, 2.05) is 12.1 Å². The first-order valence-corrected chi connectivity index (χ1v) is 15.3. The fourth-order valence-electron chi connectivity index (χ4n) is 8.25. The van der Waals surface area contributed by atoms with Crippen molar-refractivity contribution in [3.05, 3.63) is 66.2 Å². The van der Waals surface area contributed by atoms with Gasteiger partial charge in [-0.2, -0.15) is 5.06 Å². The summed E-state index contributed by atoms with van der Waals surface area (Å²) < 4.78 is 6.03. The molecule has 4 fully saturated rings. The number of rotatable bonds is 8. The summed E-state index contributed by atoms with van der Waals surface area (Å²) in [5.74, 6) is 2.44. The molecule has 1 saturated heterocycles. The highest BCUT2D eigenvalue weighted by molar-refractivity contribution is 5.98. The number of aliphatic hydroxyl groups excluding tert-OH is 1. The Morgan fingerprint density at radius 1 is 1.07 bits per heavy atom. The molecule has 3 aromatic carbocycles. The van der Waals surface area contributed by atoms with Crippen LogP contribution in [0.25, 0.3) is 21.9 Å². The minimum Gasteiger partial charge on any atom is -0.496 e. The monoisotopic (exact) mass is 556 g/mol. The zero-order valence-electron chi connectivity index (χ0n) is 25.0. The number of benzene rings is 3. The summed E-state index contributed by atoms with van der Waals surface area (Å²) in [4.78, 5) is 20.3. The van der Waals surface area contributed by atoms with Crippen LogP contribution < -0.4 is 10.1 Å². The van der Waals surface area contributed by atoms with E-state index in [9.17, 15) is 9.90 Å². The molecule has 3 aromatic rings. The quantitative estimate of drug-likeness (QED) is 0.346. The van der Waals surface area contributed by atoms with Crippen LogP contribution in [-0.2, 0) is 16.2 Å². The zero-order chi connectivity index (χ0) is 28.9. The normalized spacial score (nSPS) is 30.6. The molecule has 1 unspecified atom stereocenters. The number of carbonyl (C=O) groups is 1. The van der Waals surface area contributed by atoms with E-state index in [0.29, 0.717) is 29.7 Å². The maximum Gasteiger partial charge on any atom is 0.240 e. The van der Waals surface area contributed by atoms with E-state index in [4.69, 9.17) is 9.57 Å². The van der Waals surface area contributed by atoms with E-state index < -0.39 is 12.1 Å². The summed E-state index contributed by atoms with van der Waals surface area (Å²) >= 11 is 0. The number of hydrogen-bond acceptors (Lipinski definition) is 5. The number of hydroxylamine groups is 2. The van der Waals surface area contributed by atoms with Crippen LogP contribution in [-0.4, -0.2) is 48.0 Å². The van der Waals surface area contributed by atoms with Gasteiger partial charge in [0.05, 0.1) is 20.3 Å². The number of nitrogens with one attached hydrogen (secondary N) is 1.